The topological polar surface area (TPSA) is 26.3 Å². The Labute approximate surface area is 123 Å². The molecule has 19 heavy (non-hydrogen) atoms. The van der Waals surface area contributed by atoms with Gasteiger partial charge >= 0.3 is 0 Å². The van der Waals surface area contributed by atoms with Gasteiger partial charge in [-0.15, -0.1) is 0 Å². The minimum Gasteiger partial charge on any atom is -0.497 e. The van der Waals surface area contributed by atoms with Gasteiger partial charge in [0.25, 0.3) is 0 Å². The van der Waals surface area contributed by atoms with Gasteiger partial charge in [-0.3, -0.25) is 4.79 Å². The molecule has 1 aromatic rings. The van der Waals surface area contributed by atoms with Gasteiger partial charge in [0.05, 0.1) is 7.11 Å². The molecule has 0 saturated carbocycles. The van der Waals surface area contributed by atoms with E-state index in [1.54, 1.807) is 7.11 Å². The molecule has 2 rings (SSSR count). The van der Waals surface area contributed by atoms with Gasteiger partial charge in [0, 0.05) is 10.9 Å². The van der Waals surface area contributed by atoms with Crippen molar-refractivity contribution < 1.29 is 9.53 Å². The van der Waals surface area contributed by atoms with Crippen molar-refractivity contribution in [2.24, 2.45) is 5.92 Å². The van der Waals surface area contributed by atoms with Crippen LogP contribution in [0.25, 0.3) is 0 Å². The van der Waals surface area contributed by atoms with Gasteiger partial charge < -0.3 is 4.74 Å². The lowest BCUT2D eigenvalue weighted by Crippen LogP contribution is -2.12. The molecule has 0 aromatic heterocycles. The fraction of sp³-hybridized carbons (Fsp3) is 0.438. The number of ether oxygens (including phenoxy) is 1. The molecule has 0 amide bonds. The Morgan fingerprint density at radius 3 is 2.89 bits per heavy atom. The average molecular weight is 323 g/mol. The van der Waals surface area contributed by atoms with Crippen LogP contribution in [0.4, 0.5) is 0 Å². The highest BCUT2D eigenvalue weighted by Crippen LogP contribution is 2.27. The van der Waals surface area contributed by atoms with Crippen LogP contribution in [-0.4, -0.2) is 12.9 Å². The van der Waals surface area contributed by atoms with E-state index in [0.29, 0.717) is 12.3 Å². The second kappa shape index (κ2) is 6.38. The molecule has 1 unspecified atom stereocenters. The second-order valence-electron chi connectivity index (χ2n) is 5.17. The van der Waals surface area contributed by atoms with Crippen molar-refractivity contribution in [3.8, 4) is 5.75 Å². The van der Waals surface area contributed by atoms with Crippen molar-refractivity contribution >= 4 is 21.7 Å². The van der Waals surface area contributed by atoms with Crippen molar-refractivity contribution in [2.75, 3.05) is 7.11 Å². The molecule has 0 radical (unpaired) electrons. The number of carbonyl (C=O) groups excluding carboxylic acids is 1. The third kappa shape index (κ3) is 3.69. The predicted octanol–water partition coefficient (Wildman–Crippen LogP) is 4.32. The van der Waals surface area contributed by atoms with Crippen LogP contribution in [0, 0.1) is 5.92 Å². The van der Waals surface area contributed by atoms with Crippen LogP contribution in [-0.2, 0) is 11.2 Å². The first-order valence-corrected chi connectivity index (χ1v) is 7.44. The predicted molar refractivity (Wildman–Crippen MR) is 80.5 cm³/mol. The van der Waals surface area contributed by atoms with Gasteiger partial charge in [0.2, 0.25) is 0 Å². The summed E-state index contributed by atoms with van der Waals surface area (Å²) < 4.78 is 6.17. The summed E-state index contributed by atoms with van der Waals surface area (Å²) in [6, 6.07) is 5.74. The molecule has 0 saturated heterocycles. The van der Waals surface area contributed by atoms with Crippen molar-refractivity contribution in [1.29, 1.82) is 0 Å². The fourth-order valence-corrected chi connectivity index (χ4v) is 2.71. The second-order valence-corrected chi connectivity index (χ2v) is 6.02. The number of rotatable bonds is 4. The van der Waals surface area contributed by atoms with Crippen LogP contribution in [0.5, 0.6) is 5.75 Å². The first kappa shape index (κ1) is 14.3. The third-order valence-corrected chi connectivity index (χ3v) is 4.41. The van der Waals surface area contributed by atoms with Gasteiger partial charge in [-0.05, 0) is 54.5 Å². The summed E-state index contributed by atoms with van der Waals surface area (Å²) in [6.07, 6.45) is 5.63. The molecule has 102 valence electrons. The molecule has 1 aliphatic rings. The van der Waals surface area contributed by atoms with E-state index in [9.17, 15) is 4.79 Å². The lowest BCUT2D eigenvalue weighted by molar-refractivity contribution is -0.115. The molecule has 0 fully saturated rings. The lowest BCUT2D eigenvalue weighted by Gasteiger charge is -2.17. The Morgan fingerprint density at radius 1 is 1.47 bits per heavy atom. The van der Waals surface area contributed by atoms with E-state index in [2.05, 4.69) is 28.9 Å². The first-order valence-electron chi connectivity index (χ1n) is 6.64. The third-order valence-electron chi connectivity index (χ3n) is 3.64. The van der Waals surface area contributed by atoms with Crippen LogP contribution >= 0.6 is 15.9 Å². The largest absolute Gasteiger partial charge is 0.497 e. The molecule has 0 bridgehead atoms. The van der Waals surface area contributed by atoms with Crippen LogP contribution in [0.15, 0.2) is 34.3 Å². The molecule has 1 aliphatic carbocycles. The number of carbonyl (C=O) groups is 1. The number of allylic oxidation sites excluding steroid dienone is 2. The molecular formula is C16H19BrO2. The SMILES string of the molecule is COc1ccc(Br)c(CC(=O)C2=CCC(C)CC2)c1. The molecule has 0 N–H and O–H groups in total. The summed E-state index contributed by atoms with van der Waals surface area (Å²) in [5.41, 5.74) is 1.98. The van der Waals surface area contributed by atoms with E-state index in [0.717, 1.165) is 40.6 Å². The first-order chi connectivity index (χ1) is 9.10. The van der Waals surface area contributed by atoms with Crippen LogP contribution < -0.4 is 4.74 Å². The number of hydrogen-bond acceptors (Lipinski definition) is 2. The molecule has 0 spiro atoms. The summed E-state index contributed by atoms with van der Waals surface area (Å²) in [7, 11) is 1.64. The number of methoxy groups -OCH3 is 1. The minimum atomic E-state index is 0.237. The average Bonchev–Trinajstić information content (AvgIpc) is 2.42. The van der Waals surface area contributed by atoms with Gasteiger partial charge in [0.15, 0.2) is 5.78 Å². The summed E-state index contributed by atoms with van der Waals surface area (Å²) in [5, 5.41) is 0. The van der Waals surface area contributed by atoms with E-state index in [4.69, 9.17) is 4.74 Å². The maximum atomic E-state index is 12.3. The summed E-state index contributed by atoms with van der Waals surface area (Å²) in [6.45, 7) is 2.23. The van der Waals surface area contributed by atoms with Gasteiger partial charge in [0.1, 0.15) is 5.75 Å². The highest BCUT2D eigenvalue weighted by atomic mass is 79.9. The number of ketones is 1. The van der Waals surface area contributed by atoms with Crippen LogP contribution in [0.2, 0.25) is 0 Å². The molecule has 2 nitrogen and oxygen atoms in total. The Kier molecular flexibility index (Phi) is 4.81. The lowest BCUT2D eigenvalue weighted by atomic mass is 9.88. The molecule has 3 heteroatoms. The maximum Gasteiger partial charge on any atom is 0.162 e. The Bertz CT molecular complexity index is 505. The Balaban J connectivity index is 2.10. The quantitative estimate of drug-likeness (QED) is 0.825. The number of benzene rings is 1. The summed E-state index contributed by atoms with van der Waals surface area (Å²) in [4.78, 5) is 12.3. The molecule has 0 aliphatic heterocycles. The fourth-order valence-electron chi connectivity index (χ4n) is 2.32. The molecular weight excluding hydrogens is 304 g/mol. The van der Waals surface area contributed by atoms with Gasteiger partial charge in [-0.25, -0.2) is 0 Å². The monoisotopic (exact) mass is 322 g/mol. The van der Waals surface area contributed by atoms with E-state index >= 15 is 0 Å². The van der Waals surface area contributed by atoms with Crippen LogP contribution in [0.1, 0.15) is 31.7 Å². The Morgan fingerprint density at radius 2 is 2.26 bits per heavy atom. The minimum absolute atomic E-state index is 0.237. The van der Waals surface area contributed by atoms with Crippen molar-refractivity contribution in [3.05, 3.63) is 39.9 Å². The molecule has 1 aromatic carbocycles. The highest BCUT2D eigenvalue weighted by molar-refractivity contribution is 9.10. The molecule has 1 atom stereocenters. The Hall–Kier alpha value is -1.09. The summed E-state index contributed by atoms with van der Waals surface area (Å²) >= 11 is 3.49. The smallest absolute Gasteiger partial charge is 0.162 e. The standard InChI is InChI=1S/C16H19BrO2/c1-11-3-5-12(6-4-11)16(18)10-13-9-14(19-2)7-8-15(13)17/h5,7-9,11H,3-4,6,10H2,1-2H3. The number of Topliss-reactive ketones (excluding diaryl/α,β-unsaturated/α-hetero) is 1. The molecule has 0 heterocycles. The number of halogens is 1. The zero-order valence-electron chi connectivity index (χ0n) is 11.4. The van der Waals surface area contributed by atoms with Gasteiger partial charge in [-0.1, -0.05) is 28.9 Å². The normalized spacial score (nSPS) is 18.9. The van der Waals surface area contributed by atoms with E-state index in [1.165, 1.54) is 0 Å². The van der Waals surface area contributed by atoms with Crippen LogP contribution in [0.3, 0.4) is 0 Å². The van der Waals surface area contributed by atoms with E-state index in [-0.39, 0.29) is 5.78 Å². The van der Waals surface area contributed by atoms with E-state index < -0.39 is 0 Å². The van der Waals surface area contributed by atoms with Gasteiger partial charge in [-0.2, -0.15) is 0 Å². The van der Waals surface area contributed by atoms with Crippen molar-refractivity contribution in [2.45, 2.75) is 32.6 Å². The van der Waals surface area contributed by atoms with Crippen molar-refractivity contribution in [3.63, 3.8) is 0 Å². The van der Waals surface area contributed by atoms with Crippen molar-refractivity contribution in [1.82, 2.24) is 0 Å². The van der Waals surface area contributed by atoms with E-state index in [1.807, 2.05) is 18.2 Å². The maximum absolute atomic E-state index is 12.3. The highest BCUT2D eigenvalue weighted by Gasteiger charge is 2.17. The number of hydrogen-bond donors (Lipinski definition) is 0. The zero-order valence-corrected chi connectivity index (χ0v) is 13.0. The zero-order chi connectivity index (χ0) is 13.8. The summed E-state index contributed by atoms with van der Waals surface area (Å²) in [5.74, 6) is 1.73.